The van der Waals surface area contributed by atoms with Crippen LogP contribution in [0.15, 0.2) is 48.5 Å². The summed E-state index contributed by atoms with van der Waals surface area (Å²) in [4.78, 5) is 20.8. The van der Waals surface area contributed by atoms with E-state index in [2.05, 4.69) is 25.9 Å². The van der Waals surface area contributed by atoms with E-state index in [4.69, 9.17) is 18.9 Å². The highest BCUT2D eigenvalue weighted by atomic mass is 32.1. The smallest absolute Gasteiger partial charge is 0.443 e. The number of hydrazine groups is 1. The molecule has 2 aromatic heterocycles. The van der Waals surface area contributed by atoms with E-state index < -0.39 is 59.6 Å². The van der Waals surface area contributed by atoms with Crippen molar-refractivity contribution in [3.63, 3.8) is 0 Å². The van der Waals surface area contributed by atoms with Crippen molar-refractivity contribution in [2.24, 2.45) is 0 Å². The number of hydrogen-bond acceptors (Lipinski definition) is 11. The van der Waals surface area contributed by atoms with Crippen LogP contribution in [0.5, 0.6) is 0 Å². The quantitative estimate of drug-likeness (QED) is 0.265. The minimum atomic E-state index is -4.57. The summed E-state index contributed by atoms with van der Waals surface area (Å²) >= 11 is 0.515. The molecular formula is C29H31F3N6O6S. The molecule has 0 spiro atoms. The maximum Gasteiger partial charge on any atom is 0.443 e. The third-order valence-electron chi connectivity index (χ3n) is 7.08. The van der Waals surface area contributed by atoms with Crippen molar-refractivity contribution < 1.29 is 42.0 Å². The van der Waals surface area contributed by atoms with Crippen LogP contribution in [-0.2, 0) is 25.1 Å². The lowest BCUT2D eigenvalue weighted by Gasteiger charge is -2.48. The molecule has 45 heavy (non-hydrogen) atoms. The molecule has 12 nitrogen and oxygen atoms in total. The number of halogens is 3. The van der Waals surface area contributed by atoms with Crippen molar-refractivity contribution >= 4 is 27.6 Å². The standard InChI is InChI=1S/C29H31F3N6O6S/c1-14-33-24(38(37-14)16-10-11-17-19(12-16)45-26(34-17)29(30,31)32)23-21(39)20(35-36-27(40)44-28(2,3)4)22-18(42-23)13-41-25(43-22)15-8-6-5-7-9-15/h5-12,18,20-23,25,35,39H,13H2,1-4H3,(H,36,40)/t18-,20-,21-,22+,23-,25?/m1/s1. The van der Waals surface area contributed by atoms with Gasteiger partial charge in [-0.15, -0.1) is 11.3 Å². The first kappa shape index (κ1) is 31.3. The maximum absolute atomic E-state index is 13.3. The molecule has 1 unspecified atom stereocenters. The van der Waals surface area contributed by atoms with Gasteiger partial charge < -0.3 is 24.1 Å². The van der Waals surface area contributed by atoms with Crippen LogP contribution in [0.2, 0.25) is 0 Å². The first-order valence-electron chi connectivity index (χ1n) is 14.1. The number of amides is 1. The highest BCUT2D eigenvalue weighted by molar-refractivity contribution is 7.18. The number of thiazole rings is 1. The van der Waals surface area contributed by atoms with Gasteiger partial charge in [0.25, 0.3) is 0 Å². The topological polar surface area (TPSA) is 142 Å². The Morgan fingerprint density at radius 2 is 1.87 bits per heavy atom. The number of nitrogens with zero attached hydrogens (tertiary/aromatic N) is 4. The molecule has 4 heterocycles. The normalized spacial score (nSPS) is 25.6. The Hall–Kier alpha value is -3.67. The third-order valence-corrected chi connectivity index (χ3v) is 8.14. The van der Waals surface area contributed by atoms with Gasteiger partial charge in [-0.25, -0.2) is 24.9 Å². The van der Waals surface area contributed by atoms with Crippen LogP contribution in [0.25, 0.3) is 15.9 Å². The number of aromatic nitrogens is 4. The number of benzene rings is 2. The minimum Gasteiger partial charge on any atom is -0.443 e. The predicted molar refractivity (Wildman–Crippen MR) is 154 cm³/mol. The third kappa shape index (κ3) is 6.66. The second kappa shape index (κ2) is 11.9. The SMILES string of the molecule is Cc1nc([C@@H]2O[C@@H]3COC(c4ccccc4)O[C@@H]3[C@H](NNC(=O)OC(C)(C)C)[C@H]2O)n(-c2ccc3nc(C(F)(F)F)sc3c2)n1. The van der Waals surface area contributed by atoms with Gasteiger partial charge in [0.15, 0.2) is 17.1 Å². The van der Waals surface area contributed by atoms with Crippen LogP contribution in [-0.4, -0.2) is 67.5 Å². The van der Waals surface area contributed by atoms with Gasteiger partial charge >= 0.3 is 12.3 Å². The first-order valence-corrected chi connectivity index (χ1v) is 14.9. The highest BCUT2D eigenvalue weighted by Gasteiger charge is 2.51. The van der Waals surface area contributed by atoms with E-state index in [1.807, 2.05) is 30.3 Å². The number of hydrogen-bond donors (Lipinski definition) is 3. The van der Waals surface area contributed by atoms with E-state index in [-0.39, 0.29) is 17.9 Å². The number of aryl methyl sites for hydroxylation is 1. The van der Waals surface area contributed by atoms with E-state index in [1.165, 1.54) is 16.8 Å². The number of aliphatic hydroxyl groups excluding tert-OH is 1. The molecule has 16 heteroatoms. The molecule has 0 radical (unpaired) electrons. The van der Waals surface area contributed by atoms with Gasteiger partial charge in [-0.1, -0.05) is 30.3 Å². The van der Waals surface area contributed by atoms with Crippen molar-refractivity contribution in [1.29, 1.82) is 0 Å². The number of carbonyl (C=O) groups excluding carboxylic acids is 1. The van der Waals surface area contributed by atoms with Gasteiger partial charge in [-0.2, -0.15) is 18.3 Å². The average Bonchev–Trinajstić information content (AvgIpc) is 3.59. The lowest BCUT2D eigenvalue weighted by atomic mass is 9.91. The Bertz CT molecular complexity index is 1680. The maximum atomic E-state index is 13.3. The summed E-state index contributed by atoms with van der Waals surface area (Å²) in [6.07, 6.45) is -10.1. The first-order chi connectivity index (χ1) is 21.3. The van der Waals surface area contributed by atoms with Crippen LogP contribution in [0.4, 0.5) is 18.0 Å². The summed E-state index contributed by atoms with van der Waals surface area (Å²) < 4.78 is 65.6. The number of nitrogens with one attached hydrogen (secondary N) is 2. The van der Waals surface area contributed by atoms with E-state index in [0.717, 1.165) is 5.56 Å². The van der Waals surface area contributed by atoms with E-state index in [0.29, 0.717) is 27.5 Å². The van der Waals surface area contributed by atoms with Gasteiger partial charge in [-0.05, 0) is 45.9 Å². The molecule has 2 fully saturated rings. The van der Waals surface area contributed by atoms with Gasteiger partial charge in [-0.3, -0.25) is 5.43 Å². The zero-order chi connectivity index (χ0) is 32.1. The Balaban J connectivity index is 1.32. The highest BCUT2D eigenvalue weighted by Crippen LogP contribution is 2.40. The Labute approximate surface area is 259 Å². The molecule has 2 aliphatic heterocycles. The molecule has 6 atom stereocenters. The molecule has 240 valence electrons. The molecular weight excluding hydrogens is 617 g/mol. The number of alkyl halides is 3. The summed E-state index contributed by atoms with van der Waals surface area (Å²) in [6, 6.07) is 12.9. The van der Waals surface area contributed by atoms with E-state index in [1.54, 1.807) is 33.8 Å². The number of carbonyl (C=O) groups is 1. The summed E-state index contributed by atoms with van der Waals surface area (Å²) in [7, 11) is 0. The van der Waals surface area contributed by atoms with Crippen molar-refractivity contribution in [3.05, 3.63) is 70.8 Å². The zero-order valence-electron chi connectivity index (χ0n) is 24.6. The number of rotatable bonds is 5. The van der Waals surface area contributed by atoms with Crippen LogP contribution in [0.1, 0.15) is 55.4 Å². The summed E-state index contributed by atoms with van der Waals surface area (Å²) in [5.74, 6) is 0.521. The van der Waals surface area contributed by atoms with Crippen molar-refractivity contribution in [3.8, 4) is 5.69 Å². The van der Waals surface area contributed by atoms with Crippen LogP contribution in [0.3, 0.4) is 0 Å². The van der Waals surface area contributed by atoms with Crippen LogP contribution >= 0.6 is 11.3 Å². The van der Waals surface area contributed by atoms with E-state index in [9.17, 15) is 23.1 Å². The molecule has 4 aromatic rings. The Morgan fingerprint density at radius 1 is 1.11 bits per heavy atom. The zero-order valence-corrected chi connectivity index (χ0v) is 25.4. The minimum absolute atomic E-state index is 0.0816. The predicted octanol–water partition coefficient (Wildman–Crippen LogP) is 4.52. The molecule has 0 aliphatic carbocycles. The largest absolute Gasteiger partial charge is 0.443 e. The fraction of sp³-hybridized carbons (Fsp3) is 0.448. The van der Waals surface area contributed by atoms with Gasteiger partial charge in [0.05, 0.1) is 28.6 Å². The Morgan fingerprint density at radius 3 is 2.58 bits per heavy atom. The molecule has 2 aliphatic rings. The van der Waals surface area contributed by atoms with Crippen LogP contribution < -0.4 is 10.9 Å². The number of aliphatic hydroxyl groups is 1. The molecule has 6 rings (SSSR count). The second-order valence-corrected chi connectivity index (χ2v) is 12.7. The van der Waals surface area contributed by atoms with Crippen molar-refractivity contribution in [1.82, 2.24) is 30.6 Å². The monoisotopic (exact) mass is 648 g/mol. The fourth-order valence-electron chi connectivity index (χ4n) is 5.21. The molecule has 1 amide bonds. The number of ether oxygens (including phenoxy) is 4. The summed E-state index contributed by atoms with van der Waals surface area (Å²) in [6.45, 7) is 6.88. The lowest BCUT2D eigenvalue weighted by molar-refractivity contribution is -0.313. The summed E-state index contributed by atoms with van der Waals surface area (Å²) in [5, 5.41) is 15.2. The fourth-order valence-corrected chi connectivity index (χ4v) is 6.08. The summed E-state index contributed by atoms with van der Waals surface area (Å²) in [5.41, 5.74) is 5.93. The molecule has 2 saturated heterocycles. The lowest BCUT2D eigenvalue weighted by Crippen LogP contribution is -2.66. The van der Waals surface area contributed by atoms with Gasteiger partial charge in [0.2, 0.25) is 0 Å². The van der Waals surface area contributed by atoms with Gasteiger partial charge in [0.1, 0.15) is 35.8 Å². The Kier molecular flexibility index (Phi) is 8.30. The number of fused-ring (bicyclic) bond motifs is 2. The van der Waals surface area contributed by atoms with Crippen molar-refractivity contribution in [2.45, 2.75) is 76.2 Å². The second-order valence-electron chi connectivity index (χ2n) is 11.7. The van der Waals surface area contributed by atoms with Gasteiger partial charge in [0, 0.05) is 5.56 Å². The van der Waals surface area contributed by atoms with E-state index >= 15 is 0 Å². The molecule has 2 aromatic carbocycles. The van der Waals surface area contributed by atoms with Crippen LogP contribution in [0, 0.1) is 6.92 Å². The molecule has 0 saturated carbocycles. The average molecular weight is 649 g/mol. The molecule has 3 N–H and O–H groups in total. The molecule has 0 bridgehead atoms. The van der Waals surface area contributed by atoms with Crippen molar-refractivity contribution in [2.75, 3.05) is 6.61 Å².